The van der Waals surface area contributed by atoms with E-state index >= 15 is 0 Å². The second kappa shape index (κ2) is 8.03. The van der Waals surface area contributed by atoms with Crippen LogP contribution in [0.3, 0.4) is 0 Å². The highest BCUT2D eigenvalue weighted by molar-refractivity contribution is 5.85. The molecule has 1 aromatic carbocycles. The van der Waals surface area contributed by atoms with Crippen LogP contribution in [0.4, 0.5) is 5.69 Å². The highest BCUT2D eigenvalue weighted by Gasteiger charge is 2.26. The summed E-state index contributed by atoms with van der Waals surface area (Å²) in [6.07, 6.45) is 0. The number of amides is 1. The molecule has 0 aromatic heterocycles. The lowest BCUT2D eigenvalue weighted by Crippen LogP contribution is -2.50. The van der Waals surface area contributed by atoms with Gasteiger partial charge in [0, 0.05) is 31.4 Å². The van der Waals surface area contributed by atoms with Crippen LogP contribution in [0.2, 0.25) is 0 Å². The van der Waals surface area contributed by atoms with Crippen LogP contribution in [0.25, 0.3) is 0 Å². The van der Waals surface area contributed by atoms with Gasteiger partial charge in [-0.3, -0.25) is 4.79 Å². The summed E-state index contributed by atoms with van der Waals surface area (Å²) in [5.41, 5.74) is 7.81. The molecular formula is C17H29N3O. The molecule has 4 heteroatoms. The van der Waals surface area contributed by atoms with Crippen molar-refractivity contribution in [3.63, 3.8) is 0 Å². The van der Waals surface area contributed by atoms with Crippen molar-refractivity contribution in [1.29, 1.82) is 0 Å². The minimum atomic E-state index is -0.173. The molecule has 0 saturated heterocycles. The number of benzene rings is 1. The molecule has 1 amide bonds. The van der Waals surface area contributed by atoms with E-state index in [0.717, 1.165) is 24.3 Å². The molecule has 0 aliphatic carbocycles. The molecule has 0 heterocycles. The number of hydrogen-bond acceptors (Lipinski definition) is 3. The summed E-state index contributed by atoms with van der Waals surface area (Å²) in [5, 5.41) is 0. The van der Waals surface area contributed by atoms with E-state index in [9.17, 15) is 4.79 Å². The molecule has 0 fully saturated rings. The maximum Gasteiger partial charge on any atom is 0.244 e. The molecule has 1 atom stereocenters. The third-order valence-corrected chi connectivity index (χ3v) is 3.88. The van der Waals surface area contributed by atoms with Crippen molar-refractivity contribution in [1.82, 2.24) is 4.90 Å². The molecule has 1 rings (SSSR count). The standard InChI is InChI=1S/C17H29N3O/c1-6-19(7-2)17(21)14(5)20(13(3)4)16-10-8-15(12-18)9-11-16/h8-11,13-14H,6-7,12,18H2,1-5H3. The second-order valence-corrected chi connectivity index (χ2v) is 5.56. The van der Waals surface area contributed by atoms with Gasteiger partial charge in [0.2, 0.25) is 5.91 Å². The summed E-state index contributed by atoms with van der Waals surface area (Å²) < 4.78 is 0. The Balaban J connectivity index is 3.02. The Morgan fingerprint density at radius 1 is 1.10 bits per heavy atom. The van der Waals surface area contributed by atoms with Gasteiger partial charge < -0.3 is 15.5 Å². The molecule has 0 aliphatic heterocycles. The first-order valence-electron chi connectivity index (χ1n) is 7.82. The van der Waals surface area contributed by atoms with Gasteiger partial charge in [0.15, 0.2) is 0 Å². The van der Waals surface area contributed by atoms with Crippen LogP contribution in [-0.2, 0) is 11.3 Å². The van der Waals surface area contributed by atoms with Gasteiger partial charge in [0.25, 0.3) is 0 Å². The Morgan fingerprint density at radius 3 is 2.00 bits per heavy atom. The van der Waals surface area contributed by atoms with Crippen molar-refractivity contribution >= 4 is 11.6 Å². The SMILES string of the molecule is CCN(CC)C(=O)C(C)N(c1ccc(CN)cc1)C(C)C. The van der Waals surface area contributed by atoms with Crippen LogP contribution in [-0.4, -0.2) is 36.0 Å². The number of rotatable bonds is 7. The van der Waals surface area contributed by atoms with Crippen LogP contribution < -0.4 is 10.6 Å². The zero-order valence-corrected chi connectivity index (χ0v) is 14.0. The first-order chi connectivity index (χ1) is 9.96. The number of nitrogens with zero attached hydrogens (tertiary/aromatic N) is 2. The van der Waals surface area contributed by atoms with E-state index in [2.05, 4.69) is 18.7 Å². The van der Waals surface area contributed by atoms with Crippen LogP contribution >= 0.6 is 0 Å². The molecule has 1 unspecified atom stereocenters. The van der Waals surface area contributed by atoms with Crippen molar-refractivity contribution in [3.05, 3.63) is 29.8 Å². The minimum Gasteiger partial charge on any atom is -0.357 e. The number of carbonyl (C=O) groups is 1. The fraction of sp³-hybridized carbons (Fsp3) is 0.588. The predicted octanol–water partition coefficient (Wildman–Crippen LogP) is 2.62. The number of likely N-dealkylation sites (N-methyl/N-ethyl adjacent to an activating group) is 1. The molecule has 21 heavy (non-hydrogen) atoms. The van der Waals surface area contributed by atoms with E-state index in [-0.39, 0.29) is 18.0 Å². The minimum absolute atomic E-state index is 0.173. The monoisotopic (exact) mass is 291 g/mol. The van der Waals surface area contributed by atoms with Gasteiger partial charge in [-0.25, -0.2) is 0 Å². The fourth-order valence-electron chi connectivity index (χ4n) is 2.69. The number of hydrogen-bond donors (Lipinski definition) is 1. The maximum absolute atomic E-state index is 12.6. The van der Waals surface area contributed by atoms with E-state index in [1.807, 2.05) is 49.9 Å². The van der Waals surface area contributed by atoms with Crippen molar-refractivity contribution in [2.45, 2.75) is 53.2 Å². The molecule has 0 aliphatic rings. The Hall–Kier alpha value is -1.55. The number of carbonyl (C=O) groups excluding carboxylic acids is 1. The van der Waals surface area contributed by atoms with E-state index in [1.165, 1.54) is 0 Å². The molecule has 0 radical (unpaired) electrons. The molecule has 1 aromatic rings. The second-order valence-electron chi connectivity index (χ2n) is 5.56. The van der Waals surface area contributed by atoms with Crippen LogP contribution in [0.5, 0.6) is 0 Å². The zero-order valence-electron chi connectivity index (χ0n) is 14.0. The average Bonchev–Trinajstić information content (AvgIpc) is 2.48. The van der Waals surface area contributed by atoms with Gasteiger partial charge in [-0.15, -0.1) is 0 Å². The highest BCUT2D eigenvalue weighted by Crippen LogP contribution is 2.22. The summed E-state index contributed by atoms with van der Waals surface area (Å²) >= 11 is 0. The average molecular weight is 291 g/mol. The van der Waals surface area contributed by atoms with Crippen LogP contribution in [0.1, 0.15) is 40.2 Å². The smallest absolute Gasteiger partial charge is 0.244 e. The molecule has 0 bridgehead atoms. The van der Waals surface area contributed by atoms with Gasteiger partial charge >= 0.3 is 0 Å². The first-order valence-corrected chi connectivity index (χ1v) is 7.82. The first kappa shape index (κ1) is 17.5. The lowest BCUT2D eigenvalue weighted by molar-refractivity contribution is -0.132. The van der Waals surface area contributed by atoms with E-state index < -0.39 is 0 Å². The van der Waals surface area contributed by atoms with Gasteiger partial charge in [-0.1, -0.05) is 12.1 Å². The van der Waals surface area contributed by atoms with Gasteiger partial charge in [0.1, 0.15) is 6.04 Å². The summed E-state index contributed by atoms with van der Waals surface area (Å²) in [5.74, 6) is 0.177. The quantitative estimate of drug-likeness (QED) is 0.840. The summed E-state index contributed by atoms with van der Waals surface area (Å²) in [7, 11) is 0. The lowest BCUT2D eigenvalue weighted by Gasteiger charge is -2.36. The Bertz CT molecular complexity index is 438. The zero-order chi connectivity index (χ0) is 16.0. The fourth-order valence-corrected chi connectivity index (χ4v) is 2.69. The van der Waals surface area contributed by atoms with Crippen LogP contribution in [0, 0.1) is 0 Å². The van der Waals surface area contributed by atoms with Crippen molar-refractivity contribution in [3.8, 4) is 0 Å². The van der Waals surface area contributed by atoms with E-state index in [1.54, 1.807) is 0 Å². The molecule has 2 N–H and O–H groups in total. The Kier molecular flexibility index (Phi) is 6.69. The van der Waals surface area contributed by atoms with Gasteiger partial charge in [-0.05, 0) is 52.3 Å². The van der Waals surface area contributed by atoms with Crippen molar-refractivity contribution < 1.29 is 4.79 Å². The predicted molar refractivity (Wildman–Crippen MR) is 89.3 cm³/mol. The summed E-state index contributed by atoms with van der Waals surface area (Å²) in [6.45, 7) is 12.3. The summed E-state index contributed by atoms with van der Waals surface area (Å²) in [4.78, 5) is 16.7. The van der Waals surface area contributed by atoms with Crippen molar-refractivity contribution in [2.75, 3.05) is 18.0 Å². The summed E-state index contributed by atoms with van der Waals surface area (Å²) in [6, 6.07) is 8.23. The number of nitrogens with two attached hydrogens (primary N) is 1. The molecule has 0 spiro atoms. The maximum atomic E-state index is 12.6. The van der Waals surface area contributed by atoms with Gasteiger partial charge in [0.05, 0.1) is 0 Å². The molecule has 4 nitrogen and oxygen atoms in total. The largest absolute Gasteiger partial charge is 0.357 e. The lowest BCUT2D eigenvalue weighted by atomic mass is 10.1. The van der Waals surface area contributed by atoms with Gasteiger partial charge in [-0.2, -0.15) is 0 Å². The third-order valence-electron chi connectivity index (χ3n) is 3.88. The number of anilines is 1. The Morgan fingerprint density at radius 2 is 1.62 bits per heavy atom. The van der Waals surface area contributed by atoms with E-state index in [0.29, 0.717) is 6.54 Å². The Labute approximate surface area is 128 Å². The normalized spacial score (nSPS) is 12.3. The molecule has 118 valence electrons. The molecule has 0 saturated carbocycles. The van der Waals surface area contributed by atoms with Crippen LogP contribution in [0.15, 0.2) is 24.3 Å². The topological polar surface area (TPSA) is 49.6 Å². The third kappa shape index (κ3) is 4.21. The van der Waals surface area contributed by atoms with Crippen molar-refractivity contribution in [2.24, 2.45) is 5.73 Å². The molecular weight excluding hydrogens is 262 g/mol. The highest BCUT2D eigenvalue weighted by atomic mass is 16.2. The van der Waals surface area contributed by atoms with E-state index in [4.69, 9.17) is 5.73 Å².